The fourth-order valence-corrected chi connectivity index (χ4v) is 4.51. The first-order valence-corrected chi connectivity index (χ1v) is 11.1. The van der Waals surface area contributed by atoms with Crippen molar-refractivity contribution in [2.75, 3.05) is 11.1 Å². The highest BCUT2D eigenvalue weighted by atomic mass is 32.1. The summed E-state index contributed by atoms with van der Waals surface area (Å²) in [4.78, 5) is 17.9. The van der Waals surface area contributed by atoms with Crippen LogP contribution in [0.4, 0.5) is 11.6 Å². The first kappa shape index (κ1) is 20.1. The fraction of sp³-hybridized carbons (Fsp3) is 0.174. The SMILES string of the molecule is Cc1cc(N)nc(C)c1CNc1ncnc2nn(Cc3csc(-c4ccccc4)n3)cc12. The molecular formula is C23H22N8S. The van der Waals surface area contributed by atoms with Crippen molar-refractivity contribution in [1.29, 1.82) is 0 Å². The molecule has 0 unspecified atom stereocenters. The summed E-state index contributed by atoms with van der Waals surface area (Å²) in [6.45, 7) is 5.16. The van der Waals surface area contributed by atoms with Gasteiger partial charge in [-0.15, -0.1) is 11.3 Å². The van der Waals surface area contributed by atoms with Crippen molar-refractivity contribution in [2.45, 2.75) is 26.9 Å². The number of anilines is 2. The highest BCUT2D eigenvalue weighted by Crippen LogP contribution is 2.25. The number of benzene rings is 1. The lowest BCUT2D eigenvalue weighted by Crippen LogP contribution is -2.08. The molecule has 5 aromatic rings. The van der Waals surface area contributed by atoms with E-state index in [9.17, 15) is 0 Å². The minimum atomic E-state index is 0.534. The molecule has 0 aliphatic rings. The average Bonchev–Trinajstić information content (AvgIpc) is 3.41. The molecule has 0 atom stereocenters. The molecule has 1 aromatic carbocycles. The Bertz CT molecular complexity index is 1370. The Hall–Kier alpha value is -3.85. The van der Waals surface area contributed by atoms with Crippen LogP contribution in [0.3, 0.4) is 0 Å². The fourth-order valence-electron chi connectivity index (χ4n) is 3.69. The number of nitrogens with two attached hydrogens (primary N) is 1. The summed E-state index contributed by atoms with van der Waals surface area (Å²) in [5.41, 5.74) is 11.7. The molecule has 32 heavy (non-hydrogen) atoms. The van der Waals surface area contributed by atoms with Gasteiger partial charge < -0.3 is 11.1 Å². The lowest BCUT2D eigenvalue weighted by Gasteiger charge is -2.12. The molecule has 4 aromatic heterocycles. The molecule has 0 radical (unpaired) electrons. The third-order valence-corrected chi connectivity index (χ3v) is 6.21. The average molecular weight is 443 g/mol. The number of nitrogens with zero attached hydrogens (tertiary/aromatic N) is 6. The maximum atomic E-state index is 5.84. The molecular weight excluding hydrogens is 420 g/mol. The molecule has 3 N–H and O–H groups in total. The maximum Gasteiger partial charge on any atom is 0.186 e. The lowest BCUT2D eigenvalue weighted by molar-refractivity contribution is 0.682. The summed E-state index contributed by atoms with van der Waals surface area (Å²) in [7, 11) is 0. The quantitative estimate of drug-likeness (QED) is 0.406. The van der Waals surface area contributed by atoms with Crippen LogP contribution >= 0.6 is 11.3 Å². The molecule has 5 rings (SSSR count). The van der Waals surface area contributed by atoms with Crippen molar-refractivity contribution in [2.24, 2.45) is 0 Å². The smallest absolute Gasteiger partial charge is 0.186 e. The molecule has 160 valence electrons. The normalized spacial score (nSPS) is 11.2. The molecule has 4 heterocycles. The maximum absolute atomic E-state index is 5.84. The molecule has 8 nitrogen and oxygen atoms in total. The first-order chi connectivity index (χ1) is 15.6. The molecule has 0 saturated heterocycles. The number of aromatic nitrogens is 6. The van der Waals surface area contributed by atoms with E-state index in [0.717, 1.165) is 44.3 Å². The molecule has 0 spiro atoms. The van der Waals surface area contributed by atoms with Gasteiger partial charge in [-0.2, -0.15) is 5.10 Å². The van der Waals surface area contributed by atoms with E-state index in [1.54, 1.807) is 11.3 Å². The second-order valence-electron chi connectivity index (χ2n) is 7.58. The van der Waals surface area contributed by atoms with Gasteiger partial charge in [0.2, 0.25) is 0 Å². The Morgan fingerprint density at radius 1 is 1.09 bits per heavy atom. The van der Waals surface area contributed by atoms with Crippen LogP contribution in [-0.4, -0.2) is 29.7 Å². The van der Waals surface area contributed by atoms with Crippen LogP contribution < -0.4 is 11.1 Å². The van der Waals surface area contributed by atoms with Gasteiger partial charge in [0.1, 0.15) is 23.0 Å². The van der Waals surface area contributed by atoms with Crippen LogP contribution in [0, 0.1) is 13.8 Å². The largest absolute Gasteiger partial charge is 0.384 e. The summed E-state index contributed by atoms with van der Waals surface area (Å²) in [6, 6.07) is 12.1. The van der Waals surface area contributed by atoms with Crippen molar-refractivity contribution in [3.8, 4) is 10.6 Å². The number of hydrogen-bond acceptors (Lipinski definition) is 8. The summed E-state index contributed by atoms with van der Waals surface area (Å²) in [5, 5.41) is 12.0. The third-order valence-electron chi connectivity index (χ3n) is 5.27. The van der Waals surface area contributed by atoms with E-state index in [4.69, 9.17) is 10.7 Å². The Kier molecular flexibility index (Phi) is 5.24. The topological polar surface area (TPSA) is 107 Å². The Morgan fingerprint density at radius 3 is 2.75 bits per heavy atom. The summed E-state index contributed by atoms with van der Waals surface area (Å²) >= 11 is 1.63. The first-order valence-electron chi connectivity index (χ1n) is 10.2. The molecule has 0 aliphatic carbocycles. The van der Waals surface area contributed by atoms with Gasteiger partial charge in [-0.25, -0.2) is 19.9 Å². The highest BCUT2D eigenvalue weighted by molar-refractivity contribution is 7.13. The van der Waals surface area contributed by atoms with Gasteiger partial charge in [0.25, 0.3) is 0 Å². The second kappa shape index (κ2) is 8.35. The molecule has 0 saturated carbocycles. The van der Waals surface area contributed by atoms with Crippen LogP contribution in [0.15, 0.2) is 54.3 Å². The van der Waals surface area contributed by atoms with Gasteiger partial charge in [-0.1, -0.05) is 30.3 Å². The summed E-state index contributed by atoms with van der Waals surface area (Å²) < 4.78 is 1.86. The molecule has 0 aliphatic heterocycles. The zero-order valence-electron chi connectivity index (χ0n) is 17.8. The van der Waals surface area contributed by atoms with Gasteiger partial charge in [0.15, 0.2) is 5.65 Å². The number of nitrogens with one attached hydrogen (secondary N) is 1. The van der Waals surface area contributed by atoms with Crippen molar-refractivity contribution < 1.29 is 0 Å². The number of thiazole rings is 1. The van der Waals surface area contributed by atoms with Gasteiger partial charge >= 0.3 is 0 Å². The third kappa shape index (κ3) is 4.02. The van der Waals surface area contributed by atoms with Gasteiger partial charge in [0.05, 0.1) is 17.6 Å². The number of nitrogen functional groups attached to an aromatic ring is 1. The number of rotatable bonds is 6. The van der Waals surface area contributed by atoms with Crippen molar-refractivity contribution in [3.05, 3.63) is 76.8 Å². The van der Waals surface area contributed by atoms with Crippen molar-refractivity contribution in [1.82, 2.24) is 29.7 Å². The van der Waals surface area contributed by atoms with E-state index >= 15 is 0 Å². The van der Waals surface area contributed by atoms with Crippen LogP contribution in [0.25, 0.3) is 21.6 Å². The van der Waals surface area contributed by atoms with E-state index in [2.05, 4.69) is 42.9 Å². The molecule has 0 amide bonds. The Morgan fingerprint density at radius 2 is 1.94 bits per heavy atom. The minimum absolute atomic E-state index is 0.534. The standard InChI is InChI=1S/C23H22N8S/c1-14-8-20(24)28-15(2)18(14)9-25-21-19-11-31(30-22(19)27-13-26-21)10-17-12-32-23(29-17)16-6-4-3-5-7-16/h3-8,11-13H,9-10H2,1-2H3,(H2,24,28)(H,25,26,27,30). The Labute approximate surface area is 189 Å². The Balaban J connectivity index is 1.36. The number of pyridine rings is 1. The highest BCUT2D eigenvalue weighted by Gasteiger charge is 2.12. The summed E-state index contributed by atoms with van der Waals surface area (Å²) in [5.74, 6) is 1.27. The zero-order chi connectivity index (χ0) is 22.1. The van der Waals surface area contributed by atoms with Crippen molar-refractivity contribution in [3.63, 3.8) is 0 Å². The minimum Gasteiger partial charge on any atom is -0.384 e. The number of hydrogen-bond donors (Lipinski definition) is 2. The van der Waals surface area contributed by atoms with Crippen LogP contribution in [-0.2, 0) is 13.1 Å². The van der Waals surface area contributed by atoms with Gasteiger partial charge in [0, 0.05) is 29.4 Å². The molecule has 0 fully saturated rings. The lowest BCUT2D eigenvalue weighted by atomic mass is 10.1. The monoisotopic (exact) mass is 442 g/mol. The number of fused-ring (bicyclic) bond motifs is 1. The van der Waals surface area contributed by atoms with Crippen LogP contribution in [0.2, 0.25) is 0 Å². The van der Waals surface area contributed by atoms with Crippen molar-refractivity contribution >= 4 is 34.0 Å². The van der Waals surface area contributed by atoms with E-state index < -0.39 is 0 Å². The van der Waals surface area contributed by atoms with Crippen LogP contribution in [0.1, 0.15) is 22.5 Å². The molecule has 9 heteroatoms. The zero-order valence-corrected chi connectivity index (χ0v) is 18.6. The molecule has 0 bridgehead atoms. The van der Waals surface area contributed by atoms with E-state index in [-0.39, 0.29) is 0 Å². The predicted octanol–water partition coefficient (Wildman–Crippen LogP) is 4.20. The van der Waals surface area contributed by atoms with Crippen LogP contribution in [0.5, 0.6) is 0 Å². The second-order valence-corrected chi connectivity index (χ2v) is 8.44. The van der Waals surface area contributed by atoms with E-state index in [1.165, 1.54) is 6.33 Å². The number of aryl methyl sites for hydroxylation is 2. The van der Waals surface area contributed by atoms with Gasteiger partial charge in [-0.05, 0) is 31.0 Å². The summed E-state index contributed by atoms with van der Waals surface area (Å²) in [6.07, 6.45) is 3.49. The van der Waals surface area contributed by atoms with E-state index in [0.29, 0.717) is 24.6 Å². The van der Waals surface area contributed by atoms with Gasteiger partial charge in [-0.3, -0.25) is 4.68 Å². The predicted molar refractivity (Wildman–Crippen MR) is 127 cm³/mol. The van der Waals surface area contributed by atoms with E-state index in [1.807, 2.05) is 49.0 Å².